The van der Waals surface area contributed by atoms with Crippen molar-refractivity contribution >= 4 is 25.1 Å². The monoisotopic (exact) mass is 165 g/mol. The minimum atomic E-state index is -0.858. The summed E-state index contributed by atoms with van der Waals surface area (Å²) in [6.45, 7) is -0.0108. The van der Waals surface area contributed by atoms with Crippen LogP contribution < -0.4 is 5.73 Å². The molecule has 2 N–H and O–H groups in total. The molecule has 0 aliphatic carbocycles. The number of hydrogen-bond donors (Lipinski definition) is 2. The van der Waals surface area contributed by atoms with Gasteiger partial charge in [0.05, 0.1) is 0 Å². The van der Waals surface area contributed by atoms with Gasteiger partial charge >= 0.3 is 12.4 Å². The molecule has 1 unspecified atom stereocenters. The summed E-state index contributed by atoms with van der Waals surface area (Å²) >= 11 is 3.71. The van der Waals surface area contributed by atoms with Crippen molar-refractivity contribution in [3.63, 3.8) is 0 Å². The zero-order chi connectivity index (χ0) is 7.98. The maximum Gasteiger partial charge on any atom is 0.372 e. The van der Waals surface area contributed by atoms with Crippen molar-refractivity contribution in [2.75, 3.05) is 5.75 Å². The van der Waals surface area contributed by atoms with Crippen molar-refractivity contribution in [1.29, 1.82) is 0 Å². The molecule has 0 fully saturated rings. The molecule has 0 aliphatic rings. The first-order valence-electron chi connectivity index (χ1n) is 2.39. The van der Waals surface area contributed by atoms with E-state index in [1.54, 1.807) is 0 Å². The van der Waals surface area contributed by atoms with Crippen LogP contribution in [0.15, 0.2) is 0 Å². The quantitative estimate of drug-likeness (QED) is 0.238. The van der Waals surface area contributed by atoms with Crippen LogP contribution in [0.3, 0.4) is 0 Å². The van der Waals surface area contributed by atoms with Crippen molar-refractivity contribution in [3.05, 3.63) is 0 Å². The highest BCUT2D eigenvalue weighted by Crippen LogP contribution is 1.87. The predicted molar refractivity (Wildman–Crippen MR) is 35.1 cm³/mol. The van der Waals surface area contributed by atoms with Gasteiger partial charge in [-0.3, -0.25) is 9.68 Å². The number of rotatable bonds is 4. The number of carbonyl (C=O) groups is 2. The fourth-order valence-corrected chi connectivity index (χ4v) is 0.352. The van der Waals surface area contributed by atoms with E-state index >= 15 is 0 Å². The molecular weight excluding hydrogens is 158 g/mol. The fraction of sp³-hybridized carbons (Fsp3) is 0.500. The summed E-state index contributed by atoms with van der Waals surface area (Å²) in [4.78, 5) is 27.5. The summed E-state index contributed by atoms with van der Waals surface area (Å²) in [5, 5.41) is 0. The average molecular weight is 165 g/mol. The molecule has 0 aliphatic heterocycles. The molecule has 0 radical (unpaired) electrons. The largest absolute Gasteiger partial charge is 0.372 e. The smallest absolute Gasteiger partial charge is 0.318 e. The molecule has 0 aromatic rings. The highest BCUT2D eigenvalue weighted by molar-refractivity contribution is 7.80. The molecular formula is C4H7NO4S. The highest BCUT2D eigenvalue weighted by Gasteiger charge is 2.13. The first-order chi connectivity index (χ1) is 4.72. The van der Waals surface area contributed by atoms with E-state index in [0.29, 0.717) is 0 Å². The van der Waals surface area contributed by atoms with Gasteiger partial charge in [-0.15, -0.1) is 0 Å². The minimum Gasteiger partial charge on any atom is -0.318 e. The molecule has 10 heavy (non-hydrogen) atoms. The van der Waals surface area contributed by atoms with Gasteiger partial charge in [-0.2, -0.15) is 12.6 Å². The van der Waals surface area contributed by atoms with Crippen LogP contribution in [0.2, 0.25) is 0 Å². The lowest BCUT2D eigenvalue weighted by Crippen LogP contribution is -2.33. The summed E-state index contributed by atoms with van der Waals surface area (Å²) in [6, 6.07) is -0.858. The molecule has 0 spiro atoms. The topological polar surface area (TPSA) is 78.6 Å². The normalized spacial score (nSPS) is 11.8. The standard InChI is InChI=1S/C4H7NO4S/c5-3(1-10)4(7)9-8-2-6/h2-3,10H,1,5H2. The third-order valence-corrected chi connectivity index (χ3v) is 1.06. The van der Waals surface area contributed by atoms with Crippen LogP contribution in [-0.4, -0.2) is 24.2 Å². The first kappa shape index (κ1) is 9.25. The highest BCUT2D eigenvalue weighted by atomic mass is 32.1. The van der Waals surface area contributed by atoms with E-state index in [-0.39, 0.29) is 12.2 Å². The van der Waals surface area contributed by atoms with Crippen LogP contribution in [0.5, 0.6) is 0 Å². The van der Waals surface area contributed by atoms with Gasteiger partial charge in [0.1, 0.15) is 6.04 Å². The van der Waals surface area contributed by atoms with Gasteiger partial charge in [0.2, 0.25) is 0 Å². The Morgan fingerprint density at radius 2 is 2.40 bits per heavy atom. The molecule has 0 heterocycles. The Hall–Kier alpha value is -0.750. The Morgan fingerprint density at radius 1 is 1.80 bits per heavy atom. The Bertz CT molecular complexity index is 128. The lowest BCUT2D eigenvalue weighted by molar-refractivity contribution is -0.248. The van der Waals surface area contributed by atoms with Crippen molar-refractivity contribution in [2.45, 2.75) is 6.04 Å². The first-order valence-corrected chi connectivity index (χ1v) is 3.03. The summed E-state index contributed by atoms with van der Waals surface area (Å²) in [5.41, 5.74) is 5.11. The molecule has 0 rings (SSSR count). The van der Waals surface area contributed by atoms with Gasteiger partial charge in [0.15, 0.2) is 0 Å². The molecule has 0 aromatic carbocycles. The maximum atomic E-state index is 10.5. The van der Waals surface area contributed by atoms with Crippen LogP contribution in [0.4, 0.5) is 0 Å². The van der Waals surface area contributed by atoms with Crippen LogP contribution in [0.25, 0.3) is 0 Å². The zero-order valence-corrected chi connectivity index (χ0v) is 5.91. The van der Waals surface area contributed by atoms with Crippen LogP contribution in [-0.2, 0) is 19.4 Å². The Morgan fingerprint density at radius 3 is 2.80 bits per heavy atom. The van der Waals surface area contributed by atoms with E-state index in [1.807, 2.05) is 0 Å². The van der Waals surface area contributed by atoms with Crippen LogP contribution in [0.1, 0.15) is 0 Å². The summed E-state index contributed by atoms with van der Waals surface area (Å²) < 4.78 is 0. The lowest BCUT2D eigenvalue weighted by atomic mass is 10.4. The van der Waals surface area contributed by atoms with Gasteiger partial charge in [-0.05, 0) is 0 Å². The SMILES string of the molecule is NC(CS)C(=O)OOC=O. The van der Waals surface area contributed by atoms with Gasteiger partial charge in [0, 0.05) is 5.75 Å². The van der Waals surface area contributed by atoms with E-state index in [4.69, 9.17) is 5.73 Å². The molecule has 0 bridgehead atoms. The van der Waals surface area contributed by atoms with Crippen LogP contribution >= 0.6 is 12.6 Å². The van der Waals surface area contributed by atoms with E-state index in [0.717, 1.165) is 0 Å². The Balaban J connectivity index is 3.51. The Kier molecular flexibility index (Phi) is 4.69. The third kappa shape index (κ3) is 3.31. The summed E-state index contributed by atoms with van der Waals surface area (Å²) in [5.74, 6) is -0.678. The fourth-order valence-electron chi connectivity index (χ4n) is 0.203. The molecule has 58 valence electrons. The molecule has 0 amide bonds. The maximum absolute atomic E-state index is 10.5. The van der Waals surface area contributed by atoms with Gasteiger partial charge < -0.3 is 5.73 Å². The van der Waals surface area contributed by atoms with E-state index in [2.05, 4.69) is 22.4 Å². The second kappa shape index (κ2) is 5.07. The van der Waals surface area contributed by atoms with Crippen LogP contribution in [0, 0.1) is 0 Å². The second-order valence-corrected chi connectivity index (χ2v) is 1.75. The van der Waals surface area contributed by atoms with E-state index in [9.17, 15) is 9.59 Å². The molecule has 0 saturated carbocycles. The number of hydrogen-bond acceptors (Lipinski definition) is 6. The molecule has 0 aromatic heterocycles. The zero-order valence-electron chi connectivity index (χ0n) is 5.02. The number of carbonyl (C=O) groups excluding carboxylic acids is 2. The average Bonchev–Trinajstić information content (AvgIpc) is 1.98. The molecule has 6 heteroatoms. The van der Waals surface area contributed by atoms with Crippen molar-refractivity contribution in [2.24, 2.45) is 5.73 Å². The van der Waals surface area contributed by atoms with Crippen molar-refractivity contribution in [3.8, 4) is 0 Å². The van der Waals surface area contributed by atoms with Crippen molar-refractivity contribution in [1.82, 2.24) is 0 Å². The third-order valence-electron chi connectivity index (χ3n) is 0.669. The van der Waals surface area contributed by atoms with Gasteiger partial charge in [0.25, 0.3) is 0 Å². The molecule has 0 saturated heterocycles. The predicted octanol–water partition coefficient (Wildman–Crippen LogP) is -1.13. The van der Waals surface area contributed by atoms with Gasteiger partial charge in [-0.1, -0.05) is 0 Å². The van der Waals surface area contributed by atoms with E-state index in [1.165, 1.54) is 0 Å². The number of thiol groups is 1. The molecule has 5 nitrogen and oxygen atoms in total. The summed E-state index contributed by atoms with van der Waals surface area (Å²) in [6.07, 6.45) is 0. The minimum absolute atomic E-state index is 0.0108. The second-order valence-electron chi connectivity index (χ2n) is 1.38. The Labute approximate surface area is 62.8 Å². The number of nitrogens with two attached hydrogens (primary N) is 1. The van der Waals surface area contributed by atoms with E-state index < -0.39 is 12.0 Å². The van der Waals surface area contributed by atoms with Crippen molar-refractivity contribution < 1.29 is 19.4 Å². The lowest BCUT2D eigenvalue weighted by Gasteiger charge is -2.02. The summed E-state index contributed by atoms with van der Waals surface area (Å²) in [7, 11) is 0. The molecule has 1 atom stereocenters. The van der Waals surface area contributed by atoms with Gasteiger partial charge in [-0.25, -0.2) is 9.68 Å².